The van der Waals surface area contributed by atoms with Crippen molar-refractivity contribution < 1.29 is 29.0 Å². The van der Waals surface area contributed by atoms with E-state index in [-0.39, 0.29) is 54.0 Å². The van der Waals surface area contributed by atoms with Crippen molar-refractivity contribution in [3.05, 3.63) is 23.8 Å². The molecular formula is C25H34ClFO5. The smallest absolute Gasteiger partial charge is 0.303 e. The SMILES string of the molecule is CC1CC2C3CCC4=CC(=O)C=CC4(C)[C@@]3(F)C(O)CC2(C)C1C(=O)CCl.CCC(=O)O. The number of fused-ring (bicyclic) bond motifs is 5. The molecule has 0 heterocycles. The van der Waals surface area contributed by atoms with Crippen LogP contribution < -0.4 is 0 Å². The molecule has 0 spiro atoms. The molecule has 4 aliphatic rings. The van der Waals surface area contributed by atoms with Gasteiger partial charge >= 0.3 is 5.97 Å². The Labute approximate surface area is 194 Å². The summed E-state index contributed by atoms with van der Waals surface area (Å²) in [5.74, 6) is -1.27. The maximum atomic E-state index is 16.8. The van der Waals surface area contributed by atoms with Crippen LogP contribution in [-0.4, -0.2) is 45.4 Å². The average molecular weight is 469 g/mol. The van der Waals surface area contributed by atoms with Crippen LogP contribution in [0.1, 0.15) is 59.8 Å². The Morgan fingerprint density at radius 1 is 1.28 bits per heavy atom. The second-order valence-corrected chi connectivity index (χ2v) is 10.7. The molecule has 0 aromatic carbocycles. The van der Waals surface area contributed by atoms with Gasteiger partial charge in [-0.15, -0.1) is 11.6 Å². The van der Waals surface area contributed by atoms with Crippen LogP contribution in [0.3, 0.4) is 0 Å². The molecular weight excluding hydrogens is 435 g/mol. The Kier molecular flexibility index (Phi) is 6.81. The quantitative estimate of drug-likeness (QED) is 0.594. The van der Waals surface area contributed by atoms with E-state index in [4.69, 9.17) is 16.7 Å². The number of carboxylic acid groups (broad SMARTS) is 1. The van der Waals surface area contributed by atoms with Gasteiger partial charge in [-0.25, -0.2) is 4.39 Å². The highest BCUT2D eigenvalue weighted by Gasteiger charge is 2.71. The second-order valence-electron chi connectivity index (χ2n) is 10.4. The van der Waals surface area contributed by atoms with Crippen LogP contribution in [-0.2, 0) is 14.4 Å². The van der Waals surface area contributed by atoms with Crippen molar-refractivity contribution in [2.45, 2.75) is 71.6 Å². The highest BCUT2D eigenvalue weighted by atomic mass is 35.5. The lowest BCUT2D eigenvalue weighted by Crippen LogP contribution is -2.66. The van der Waals surface area contributed by atoms with E-state index in [0.29, 0.717) is 12.8 Å². The fraction of sp³-hybridized carbons (Fsp3) is 0.720. The number of hydrogen-bond acceptors (Lipinski definition) is 4. The number of aliphatic hydroxyl groups is 1. The average Bonchev–Trinajstić information content (AvgIpc) is 2.99. The van der Waals surface area contributed by atoms with Crippen LogP contribution >= 0.6 is 11.6 Å². The molecule has 3 fully saturated rings. The summed E-state index contributed by atoms with van der Waals surface area (Å²) in [7, 11) is 0. The number of allylic oxidation sites excluding steroid dienone is 4. The Morgan fingerprint density at radius 2 is 1.91 bits per heavy atom. The van der Waals surface area contributed by atoms with Crippen LogP contribution in [0.4, 0.5) is 4.39 Å². The van der Waals surface area contributed by atoms with E-state index in [1.165, 1.54) is 6.08 Å². The molecule has 7 unspecified atom stereocenters. The molecule has 0 aromatic heterocycles. The molecule has 0 radical (unpaired) electrons. The molecule has 0 aromatic rings. The fourth-order valence-corrected chi connectivity index (χ4v) is 7.51. The van der Waals surface area contributed by atoms with Crippen LogP contribution in [0.25, 0.3) is 0 Å². The fourth-order valence-electron chi connectivity index (χ4n) is 7.35. The zero-order chi connectivity index (χ0) is 24.1. The molecule has 178 valence electrons. The van der Waals surface area contributed by atoms with Crippen molar-refractivity contribution in [2.75, 3.05) is 5.88 Å². The molecule has 2 N–H and O–H groups in total. The number of carbonyl (C=O) groups is 3. The molecule has 4 rings (SSSR count). The molecule has 3 saturated carbocycles. The van der Waals surface area contributed by atoms with Crippen molar-refractivity contribution in [3.8, 4) is 0 Å². The maximum absolute atomic E-state index is 16.8. The van der Waals surface area contributed by atoms with Gasteiger partial charge in [0.15, 0.2) is 17.2 Å². The van der Waals surface area contributed by atoms with E-state index in [2.05, 4.69) is 6.92 Å². The molecule has 0 aliphatic heterocycles. The lowest BCUT2D eigenvalue weighted by Gasteiger charge is -2.62. The summed E-state index contributed by atoms with van der Waals surface area (Å²) in [6, 6.07) is 0. The highest BCUT2D eigenvalue weighted by Crippen LogP contribution is 2.69. The van der Waals surface area contributed by atoms with Crippen molar-refractivity contribution in [3.63, 3.8) is 0 Å². The number of alkyl halides is 2. The number of rotatable bonds is 3. The minimum atomic E-state index is -1.82. The number of aliphatic carboxylic acids is 1. The molecule has 0 bridgehead atoms. The summed E-state index contributed by atoms with van der Waals surface area (Å²) in [5, 5.41) is 18.9. The van der Waals surface area contributed by atoms with Gasteiger partial charge in [-0.1, -0.05) is 32.4 Å². The van der Waals surface area contributed by atoms with E-state index in [1.54, 1.807) is 19.1 Å². The highest BCUT2D eigenvalue weighted by molar-refractivity contribution is 6.28. The predicted octanol–water partition coefficient (Wildman–Crippen LogP) is 4.51. The van der Waals surface area contributed by atoms with Gasteiger partial charge in [0.1, 0.15) is 0 Å². The lowest BCUT2D eigenvalue weighted by molar-refractivity contribution is -0.195. The van der Waals surface area contributed by atoms with Crippen molar-refractivity contribution in [2.24, 2.45) is 34.5 Å². The summed E-state index contributed by atoms with van der Waals surface area (Å²) in [6.45, 7) is 7.52. The number of carbonyl (C=O) groups excluding carboxylic acids is 2. The second kappa shape index (κ2) is 8.68. The van der Waals surface area contributed by atoms with Gasteiger partial charge in [0.05, 0.1) is 12.0 Å². The van der Waals surface area contributed by atoms with Crippen molar-refractivity contribution in [1.29, 1.82) is 0 Å². The van der Waals surface area contributed by atoms with E-state index in [0.717, 1.165) is 12.0 Å². The third kappa shape index (κ3) is 3.58. The number of Topliss-reactive ketones (excluding diaryl/α,β-unsaturated/α-hetero) is 1. The number of carboxylic acids is 1. The van der Waals surface area contributed by atoms with Crippen molar-refractivity contribution >= 4 is 29.1 Å². The zero-order valence-corrected chi connectivity index (χ0v) is 20.0. The van der Waals surface area contributed by atoms with Gasteiger partial charge in [-0.3, -0.25) is 14.4 Å². The van der Waals surface area contributed by atoms with Gasteiger partial charge in [0, 0.05) is 23.7 Å². The predicted molar refractivity (Wildman–Crippen MR) is 120 cm³/mol. The van der Waals surface area contributed by atoms with E-state index in [9.17, 15) is 19.5 Å². The van der Waals surface area contributed by atoms with Crippen molar-refractivity contribution in [1.82, 2.24) is 0 Å². The molecule has 8 atom stereocenters. The standard InChI is InChI=1S/C22H28ClFO3.C3H6O2/c1-12-8-16-15-5-4-13-9-14(25)6-7-21(13,3)22(15,24)18(27)10-20(16,2)19(12)17(26)11-23;1-2-3(4)5/h6-7,9,12,15-16,18-19,27H,4-5,8,10-11H2,1-3H3;2H2,1H3,(H,4,5)/t12?,15?,16?,18?,19?,20?,21?,22-;/m0./s1. The third-order valence-corrected chi connectivity index (χ3v) is 9.03. The van der Waals surface area contributed by atoms with E-state index < -0.39 is 28.6 Å². The number of halogens is 2. The summed E-state index contributed by atoms with van der Waals surface area (Å²) >= 11 is 5.88. The normalized spacial score (nSPS) is 44.4. The number of ketones is 2. The van der Waals surface area contributed by atoms with E-state index >= 15 is 4.39 Å². The van der Waals surface area contributed by atoms with Crippen LogP contribution in [0.5, 0.6) is 0 Å². The van der Waals surface area contributed by atoms with E-state index in [1.807, 2.05) is 13.8 Å². The monoisotopic (exact) mass is 468 g/mol. The van der Waals surface area contributed by atoms with Crippen LogP contribution in [0.2, 0.25) is 0 Å². The first-order valence-corrected chi connectivity index (χ1v) is 12.0. The van der Waals surface area contributed by atoms with Crippen LogP contribution in [0.15, 0.2) is 23.8 Å². The summed E-state index contributed by atoms with van der Waals surface area (Å²) < 4.78 is 16.8. The van der Waals surface area contributed by atoms with Gasteiger partial charge in [-0.2, -0.15) is 0 Å². The molecule has 7 heteroatoms. The van der Waals surface area contributed by atoms with Gasteiger partial charge in [-0.05, 0) is 62.0 Å². The first-order valence-electron chi connectivity index (χ1n) is 11.5. The van der Waals surface area contributed by atoms with Gasteiger partial charge in [0.2, 0.25) is 0 Å². The topological polar surface area (TPSA) is 91.7 Å². The summed E-state index contributed by atoms with van der Waals surface area (Å²) in [4.78, 5) is 33.8. The molecule has 5 nitrogen and oxygen atoms in total. The Bertz CT molecular complexity index is 868. The Balaban J connectivity index is 0.000000523. The minimum Gasteiger partial charge on any atom is -0.481 e. The summed E-state index contributed by atoms with van der Waals surface area (Å²) in [5.41, 5.74) is -2.44. The summed E-state index contributed by atoms with van der Waals surface area (Å²) in [6.07, 6.45) is 6.00. The lowest BCUT2D eigenvalue weighted by atomic mass is 9.45. The minimum absolute atomic E-state index is 0.0125. The zero-order valence-electron chi connectivity index (χ0n) is 19.2. The van der Waals surface area contributed by atoms with Crippen LogP contribution in [0, 0.1) is 34.5 Å². The first-order chi connectivity index (χ1) is 14.9. The molecule has 32 heavy (non-hydrogen) atoms. The van der Waals surface area contributed by atoms with Gasteiger partial charge in [0.25, 0.3) is 0 Å². The van der Waals surface area contributed by atoms with Gasteiger partial charge < -0.3 is 10.2 Å². The Morgan fingerprint density at radius 3 is 2.47 bits per heavy atom. The third-order valence-electron chi connectivity index (χ3n) is 8.76. The first kappa shape index (κ1) is 25.1. The molecule has 0 saturated heterocycles. The maximum Gasteiger partial charge on any atom is 0.303 e. The Hall–Kier alpha value is -1.53. The molecule has 0 amide bonds. The largest absolute Gasteiger partial charge is 0.481 e. The number of aliphatic hydroxyl groups excluding tert-OH is 1. The molecule has 4 aliphatic carbocycles. The number of hydrogen-bond donors (Lipinski definition) is 2.